The second kappa shape index (κ2) is 10.9. The van der Waals surface area contributed by atoms with Crippen LogP contribution in [0.15, 0.2) is 12.1 Å². The molecular weight excluding hydrogens is 404 g/mol. The fraction of sp³-hybridized carbons (Fsp3) is 0.652. The fourth-order valence-electron chi connectivity index (χ4n) is 4.16. The summed E-state index contributed by atoms with van der Waals surface area (Å²) in [5.74, 6) is -0.0513. The van der Waals surface area contributed by atoms with Crippen molar-refractivity contribution >= 4 is 29.4 Å². The standard InChI is InChI=1S/C23H35ClN2O4/c1-7-26(21-13-17(24)12-20(16(21)4)22(27)29-6)19-10-8-18(9-11-19)25(5)23(28)30-14-15(2)3/h12-13,15,18-19H,7-11,14H2,1-6H3. The molecule has 1 saturated carbocycles. The minimum atomic E-state index is -0.377. The number of carbonyl (C=O) groups excluding carboxylic acids is 2. The van der Waals surface area contributed by atoms with E-state index in [2.05, 4.69) is 11.8 Å². The highest BCUT2D eigenvalue weighted by molar-refractivity contribution is 6.31. The Bertz CT molecular complexity index is 745. The first-order valence-corrected chi connectivity index (χ1v) is 11.1. The lowest BCUT2D eigenvalue weighted by atomic mass is 9.88. The summed E-state index contributed by atoms with van der Waals surface area (Å²) in [4.78, 5) is 28.5. The molecular formula is C23H35ClN2O4. The predicted octanol–water partition coefficient (Wildman–Crippen LogP) is 5.30. The zero-order valence-corrected chi connectivity index (χ0v) is 19.8. The number of esters is 1. The van der Waals surface area contributed by atoms with E-state index in [1.165, 1.54) is 7.11 Å². The molecule has 0 aromatic heterocycles. The van der Waals surface area contributed by atoms with E-state index in [0.717, 1.165) is 43.5 Å². The first-order chi connectivity index (χ1) is 14.2. The molecule has 0 bridgehead atoms. The molecule has 1 aromatic rings. The number of nitrogens with zero attached hydrogens (tertiary/aromatic N) is 2. The highest BCUT2D eigenvalue weighted by Gasteiger charge is 2.31. The Kier molecular flexibility index (Phi) is 8.83. The Labute approximate surface area is 185 Å². The van der Waals surface area contributed by atoms with Gasteiger partial charge in [-0.1, -0.05) is 25.4 Å². The van der Waals surface area contributed by atoms with Gasteiger partial charge in [0.15, 0.2) is 0 Å². The van der Waals surface area contributed by atoms with E-state index in [1.807, 2.05) is 33.9 Å². The zero-order chi connectivity index (χ0) is 22.4. The second-order valence-electron chi connectivity index (χ2n) is 8.42. The van der Waals surface area contributed by atoms with Crippen LogP contribution in [-0.4, -0.2) is 56.4 Å². The second-order valence-corrected chi connectivity index (χ2v) is 8.86. The van der Waals surface area contributed by atoms with Gasteiger partial charge in [-0.05, 0) is 63.1 Å². The van der Waals surface area contributed by atoms with Crippen molar-refractivity contribution in [2.45, 2.75) is 65.5 Å². The van der Waals surface area contributed by atoms with Crippen LogP contribution in [0.2, 0.25) is 5.02 Å². The number of hydrogen-bond donors (Lipinski definition) is 0. The van der Waals surface area contributed by atoms with Crippen molar-refractivity contribution in [3.05, 3.63) is 28.3 Å². The number of halogens is 1. The van der Waals surface area contributed by atoms with Gasteiger partial charge in [0.05, 0.1) is 19.3 Å². The summed E-state index contributed by atoms with van der Waals surface area (Å²) >= 11 is 6.32. The number of carbonyl (C=O) groups is 2. The molecule has 6 nitrogen and oxygen atoms in total. The van der Waals surface area contributed by atoms with Gasteiger partial charge < -0.3 is 19.3 Å². The zero-order valence-electron chi connectivity index (χ0n) is 19.0. The van der Waals surface area contributed by atoms with Crippen molar-refractivity contribution in [3.63, 3.8) is 0 Å². The lowest BCUT2D eigenvalue weighted by Crippen LogP contribution is -2.45. The third kappa shape index (κ3) is 5.81. The van der Waals surface area contributed by atoms with Crippen LogP contribution in [-0.2, 0) is 9.47 Å². The van der Waals surface area contributed by atoms with Crippen LogP contribution >= 0.6 is 11.6 Å². The van der Waals surface area contributed by atoms with Crippen molar-refractivity contribution in [1.82, 2.24) is 4.90 Å². The van der Waals surface area contributed by atoms with Crippen molar-refractivity contribution in [3.8, 4) is 0 Å². The smallest absolute Gasteiger partial charge is 0.409 e. The maximum absolute atomic E-state index is 12.3. The van der Waals surface area contributed by atoms with E-state index < -0.39 is 0 Å². The van der Waals surface area contributed by atoms with Gasteiger partial charge in [-0.25, -0.2) is 9.59 Å². The van der Waals surface area contributed by atoms with Crippen molar-refractivity contribution in [1.29, 1.82) is 0 Å². The van der Waals surface area contributed by atoms with Crippen LogP contribution < -0.4 is 4.90 Å². The maximum atomic E-state index is 12.3. The molecule has 0 unspecified atom stereocenters. The summed E-state index contributed by atoms with van der Waals surface area (Å²) in [7, 11) is 3.21. The van der Waals surface area contributed by atoms with Crippen LogP contribution in [0, 0.1) is 12.8 Å². The molecule has 1 fully saturated rings. The Hall–Kier alpha value is -1.95. The molecule has 0 spiro atoms. The van der Waals surface area contributed by atoms with E-state index in [4.69, 9.17) is 21.1 Å². The molecule has 2 rings (SSSR count). The highest BCUT2D eigenvalue weighted by atomic mass is 35.5. The van der Waals surface area contributed by atoms with Crippen molar-refractivity contribution in [2.24, 2.45) is 5.92 Å². The Morgan fingerprint density at radius 3 is 2.30 bits per heavy atom. The Balaban J connectivity index is 2.10. The maximum Gasteiger partial charge on any atom is 0.409 e. The summed E-state index contributed by atoms with van der Waals surface area (Å²) in [6.45, 7) is 9.36. The van der Waals surface area contributed by atoms with Crippen LogP contribution in [0.4, 0.5) is 10.5 Å². The molecule has 0 N–H and O–H groups in total. The summed E-state index contributed by atoms with van der Waals surface area (Å²) in [6.07, 6.45) is 3.50. The van der Waals surface area contributed by atoms with Gasteiger partial charge in [0.2, 0.25) is 0 Å². The fourth-order valence-corrected chi connectivity index (χ4v) is 4.37. The number of amides is 1. The van der Waals surface area contributed by atoms with Gasteiger partial charge in [0, 0.05) is 36.4 Å². The monoisotopic (exact) mass is 438 g/mol. The molecule has 0 saturated heterocycles. The van der Waals surface area contributed by atoms with E-state index in [0.29, 0.717) is 29.2 Å². The quantitative estimate of drug-likeness (QED) is 0.541. The van der Waals surface area contributed by atoms with E-state index in [9.17, 15) is 9.59 Å². The van der Waals surface area contributed by atoms with E-state index >= 15 is 0 Å². The first kappa shape index (κ1) is 24.3. The van der Waals surface area contributed by atoms with E-state index in [-0.39, 0.29) is 18.1 Å². The van der Waals surface area contributed by atoms with Gasteiger partial charge in [0.25, 0.3) is 0 Å². The molecule has 7 heteroatoms. The molecule has 30 heavy (non-hydrogen) atoms. The van der Waals surface area contributed by atoms with Crippen LogP contribution in [0.1, 0.15) is 62.4 Å². The van der Waals surface area contributed by atoms with Crippen LogP contribution in [0.5, 0.6) is 0 Å². The molecule has 0 radical (unpaired) electrons. The summed E-state index contributed by atoms with van der Waals surface area (Å²) in [5, 5.41) is 0.524. The molecule has 168 valence electrons. The molecule has 1 amide bonds. The number of anilines is 1. The summed E-state index contributed by atoms with van der Waals surface area (Å²) in [5.41, 5.74) is 2.35. The SMILES string of the molecule is CCN(c1cc(Cl)cc(C(=O)OC)c1C)C1CCC(N(C)C(=O)OCC(C)C)CC1. The van der Waals surface area contributed by atoms with Gasteiger partial charge in [0.1, 0.15) is 0 Å². The average molecular weight is 439 g/mol. The average Bonchev–Trinajstić information content (AvgIpc) is 2.73. The third-order valence-corrected chi connectivity index (χ3v) is 6.10. The van der Waals surface area contributed by atoms with Gasteiger partial charge >= 0.3 is 12.1 Å². The van der Waals surface area contributed by atoms with Crippen LogP contribution in [0.25, 0.3) is 0 Å². The van der Waals surface area contributed by atoms with Gasteiger partial charge in [-0.3, -0.25) is 0 Å². The minimum Gasteiger partial charge on any atom is -0.465 e. The summed E-state index contributed by atoms with van der Waals surface area (Å²) in [6, 6.07) is 4.10. The number of benzene rings is 1. The Morgan fingerprint density at radius 1 is 1.17 bits per heavy atom. The molecule has 1 aliphatic rings. The minimum absolute atomic E-state index is 0.186. The van der Waals surface area contributed by atoms with Gasteiger partial charge in [-0.2, -0.15) is 0 Å². The topological polar surface area (TPSA) is 59.1 Å². The molecule has 0 aliphatic heterocycles. The lowest BCUT2D eigenvalue weighted by molar-refractivity contribution is 0.0599. The van der Waals surface area contributed by atoms with E-state index in [1.54, 1.807) is 11.0 Å². The number of ether oxygens (including phenoxy) is 2. The van der Waals surface area contributed by atoms with Crippen LogP contribution in [0.3, 0.4) is 0 Å². The normalized spacial score (nSPS) is 18.8. The third-order valence-electron chi connectivity index (χ3n) is 5.88. The lowest BCUT2D eigenvalue weighted by Gasteiger charge is -2.40. The number of rotatable bonds is 7. The summed E-state index contributed by atoms with van der Waals surface area (Å²) < 4.78 is 10.3. The molecule has 0 heterocycles. The number of hydrogen-bond acceptors (Lipinski definition) is 5. The number of methoxy groups -OCH3 is 1. The molecule has 1 aliphatic carbocycles. The Morgan fingerprint density at radius 2 is 1.77 bits per heavy atom. The molecule has 1 aromatic carbocycles. The van der Waals surface area contributed by atoms with Crippen molar-refractivity contribution in [2.75, 3.05) is 32.2 Å². The first-order valence-electron chi connectivity index (χ1n) is 10.7. The predicted molar refractivity (Wildman–Crippen MR) is 121 cm³/mol. The largest absolute Gasteiger partial charge is 0.465 e. The van der Waals surface area contributed by atoms with Gasteiger partial charge in [-0.15, -0.1) is 0 Å². The highest BCUT2D eigenvalue weighted by Crippen LogP contribution is 2.34. The van der Waals surface area contributed by atoms with Crippen molar-refractivity contribution < 1.29 is 19.1 Å². The molecule has 0 atom stereocenters.